The van der Waals surface area contributed by atoms with Crippen LogP contribution in [0.1, 0.15) is 27.7 Å². The van der Waals surface area contributed by atoms with Gasteiger partial charge in [-0.1, -0.05) is 19.9 Å². The predicted octanol–water partition coefficient (Wildman–Crippen LogP) is 2.02. The van der Waals surface area contributed by atoms with Gasteiger partial charge in [-0.05, 0) is 25.5 Å². The number of nitrogens with two attached hydrogens (primary N) is 1. The zero-order valence-corrected chi connectivity index (χ0v) is 8.22. The molecule has 0 saturated carbocycles. The summed E-state index contributed by atoms with van der Waals surface area (Å²) in [5.74, 6) is 0.236. The highest BCUT2D eigenvalue weighted by Gasteiger charge is 2.07. The van der Waals surface area contributed by atoms with E-state index in [2.05, 4.69) is 0 Å². The topological polar surface area (TPSA) is 43.1 Å². The Balaban J connectivity index is 4.39. The predicted molar refractivity (Wildman–Crippen MR) is 51.5 cm³/mol. The van der Waals surface area contributed by atoms with Crippen LogP contribution >= 0.6 is 0 Å². The molecule has 68 valence electrons. The summed E-state index contributed by atoms with van der Waals surface area (Å²) in [5.41, 5.74) is 6.90. The quantitative estimate of drug-likeness (QED) is 0.516. The Morgan fingerprint density at radius 3 is 2.08 bits per heavy atom. The van der Waals surface area contributed by atoms with E-state index < -0.39 is 0 Å². The minimum atomic E-state index is 0.0627. The summed E-state index contributed by atoms with van der Waals surface area (Å²) in [7, 11) is 0. The van der Waals surface area contributed by atoms with E-state index in [1.165, 1.54) is 0 Å². The Kier molecular flexibility index (Phi) is 4.34. The van der Waals surface area contributed by atoms with E-state index >= 15 is 0 Å². The zero-order chi connectivity index (χ0) is 9.72. The molecule has 0 aliphatic heterocycles. The van der Waals surface area contributed by atoms with Gasteiger partial charge in [0.2, 0.25) is 0 Å². The standard InChI is InChI=1S/C10H17NO/c1-7(2)10(12)8(3)5-6-9(4)11/h5-7H,11H2,1-4H3/b8-5+,9-6+. The van der Waals surface area contributed by atoms with Gasteiger partial charge in [-0.25, -0.2) is 0 Å². The zero-order valence-electron chi connectivity index (χ0n) is 8.22. The van der Waals surface area contributed by atoms with Crippen LogP contribution in [-0.2, 0) is 4.79 Å². The first-order valence-corrected chi connectivity index (χ1v) is 4.10. The Morgan fingerprint density at radius 1 is 1.25 bits per heavy atom. The third kappa shape index (κ3) is 3.96. The maximum atomic E-state index is 11.3. The van der Waals surface area contributed by atoms with Crippen LogP contribution in [0.25, 0.3) is 0 Å². The van der Waals surface area contributed by atoms with Crippen molar-refractivity contribution in [3.8, 4) is 0 Å². The van der Waals surface area contributed by atoms with Gasteiger partial charge in [0, 0.05) is 11.6 Å². The molecule has 0 aromatic heterocycles. The minimum Gasteiger partial charge on any atom is -0.402 e. The average molecular weight is 167 g/mol. The van der Waals surface area contributed by atoms with Crippen LogP contribution in [0.15, 0.2) is 23.4 Å². The lowest BCUT2D eigenvalue weighted by Crippen LogP contribution is -2.07. The van der Waals surface area contributed by atoms with E-state index in [1.54, 1.807) is 19.1 Å². The molecule has 0 amide bonds. The molecule has 0 fully saturated rings. The van der Waals surface area contributed by atoms with Gasteiger partial charge in [-0.3, -0.25) is 4.79 Å². The highest BCUT2D eigenvalue weighted by Crippen LogP contribution is 2.05. The first-order chi connectivity index (χ1) is 5.45. The van der Waals surface area contributed by atoms with Gasteiger partial charge in [-0.15, -0.1) is 0 Å². The fourth-order valence-corrected chi connectivity index (χ4v) is 0.794. The Bertz CT molecular complexity index is 220. The molecule has 0 atom stereocenters. The van der Waals surface area contributed by atoms with Gasteiger partial charge in [0.25, 0.3) is 0 Å². The van der Waals surface area contributed by atoms with Gasteiger partial charge in [0.15, 0.2) is 5.78 Å². The molecule has 0 saturated heterocycles. The second-order valence-electron chi connectivity index (χ2n) is 3.28. The average Bonchev–Trinajstić information content (AvgIpc) is 1.98. The van der Waals surface area contributed by atoms with Crippen LogP contribution in [0.5, 0.6) is 0 Å². The lowest BCUT2D eigenvalue weighted by Gasteiger charge is -2.02. The molecule has 0 aromatic carbocycles. The highest BCUT2D eigenvalue weighted by molar-refractivity contribution is 5.96. The van der Waals surface area contributed by atoms with Crippen molar-refractivity contribution in [1.29, 1.82) is 0 Å². The van der Waals surface area contributed by atoms with Crippen LogP contribution < -0.4 is 5.73 Å². The van der Waals surface area contributed by atoms with E-state index in [0.717, 1.165) is 5.57 Å². The summed E-state index contributed by atoms with van der Waals surface area (Å²) in [4.78, 5) is 11.3. The third-order valence-electron chi connectivity index (χ3n) is 1.51. The van der Waals surface area contributed by atoms with Crippen molar-refractivity contribution in [2.24, 2.45) is 11.7 Å². The van der Waals surface area contributed by atoms with Crippen molar-refractivity contribution in [2.75, 3.05) is 0 Å². The van der Waals surface area contributed by atoms with Crippen molar-refractivity contribution in [2.45, 2.75) is 27.7 Å². The summed E-state index contributed by atoms with van der Waals surface area (Å²) < 4.78 is 0. The van der Waals surface area contributed by atoms with Crippen LogP contribution in [0.3, 0.4) is 0 Å². The highest BCUT2D eigenvalue weighted by atomic mass is 16.1. The third-order valence-corrected chi connectivity index (χ3v) is 1.51. The van der Waals surface area contributed by atoms with Crippen LogP contribution in [-0.4, -0.2) is 5.78 Å². The van der Waals surface area contributed by atoms with Crippen molar-refractivity contribution < 1.29 is 4.79 Å². The molecule has 2 nitrogen and oxygen atoms in total. The second kappa shape index (κ2) is 4.75. The van der Waals surface area contributed by atoms with Crippen molar-refractivity contribution in [1.82, 2.24) is 0 Å². The van der Waals surface area contributed by atoms with Gasteiger partial charge < -0.3 is 5.73 Å². The number of carbonyl (C=O) groups excluding carboxylic acids is 1. The molecule has 2 N–H and O–H groups in total. The number of ketones is 1. The molecule has 2 heteroatoms. The van der Waals surface area contributed by atoms with Crippen molar-refractivity contribution in [3.05, 3.63) is 23.4 Å². The lowest BCUT2D eigenvalue weighted by molar-refractivity contribution is -0.118. The summed E-state index contributed by atoms with van der Waals surface area (Å²) in [5, 5.41) is 0. The van der Waals surface area contributed by atoms with E-state index in [-0.39, 0.29) is 11.7 Å². The normalized spacial score (nSPS) is 13.8. The molecule has 0 radical (unpaired) electrons. The maximum absolute atomic E-state index is 11.3. The van der Waals surface area contributed by atoms with Crippen molar-refractivity contribution >= 4 is 5.78 Å². The Hall–Kier alpha value is -1.05. The molecule has 12 heavy (non-hydrogen) atoms. The fourth-order valence-electron chi connectivity index (χ4n) is 0.794. The molecular weight excluding hydrogens is 150 g/mol. The van der Waals surface area contributed by atoms with E-state index in [0.29, 0.717) is 5.70 Å². The minimum absolute atomic E-state index is 0.0627. The number of carbonyl (C=O) groups is 1. The Morgan fingerprint density at radius 2 is 1.75 bits per heavy atom. The van der Waals surface area contributed by atoms with Gasteiger partial charge in [0.05, 0.1) is 0 Å². The number of Topliss-reactive ketones (excluding diaryl/α,β-unsaturated/α-hetero) is 1. The second-order valence-corrected chi connectivity index (χ2v) is 3.28. The van der Waals surface area contributed by atoms with Crippen LogP contribution in [0, 0.1) is 5.92 Å². The summed E-state index contributed by atoms with van der Waals surface area (Å²) in [6.45, 7) is 7.38. The molecule has 0 aromatic rings. The lowest BCUT2D eigenvalue weighted by atomic mass is 10.0. The summed E-state index contributed by atoms with van der Waals surface area (Å²) in [6, 6.07) is 0. The largest absolute Gasteiger partial charge is 0.402 e. The molecule has 0 heterocycles. The smallest absolute Gasteiger partial charge is 0.161 e. The molecule has 0 rings (SSSR count). The van der Waals surface area contributed by atoms with Gasteiger partial charge in [-0.2, -0.15) is 0 Å². The fraction of sp³-hybridized carbons (Fsp3) is 0.500. The van der Waals surface area contributed by atoms with Crippen LogP contribution in [0.2, 0.25) is 0 Å². The first kappa shape index (κ1) is 11.0. The van der Waals surface area contributed by atoms with Crippen molar-refractivity contribution in [3.63, 3.8) is 0 Å². The monoisotopic (exact) mass is 167 g/mol. The van der Waals surface area contributed by atoms with E-state index in [4.69, 9.17) is 5.73 Å². The number of hydrogen-bond donors (Lipinski definition) is 1. The molecular formula is C10H17NO. The van der Waals surface area contributed by atoms with E-state index in [1.807, 2.05) is 20.8 Å². The molecule has 0 bridgehead atoms. The summed E-state index contributed by atoms with van der Waals surface area (Å²) in [6.07, 6.45) is 3.51. The Labute approximate surface area is 74.1 Å². The van der Waals surface area contributed by atoms with E-state index in [9.17, 15) is 4.79 Å². The summed E-state index contributed by atoms with van der Waals surface area (Å²) >= 11 is 0. The molecule has 0 aliphatic rings. The maximum Gasteiger partial charge on any atom is 0.161 e. The molecule has 0 unspecified atom stereocenters. The SMILES string of the molecule is C/C(N)=C\C=C(/C)C(=O)C(C)C. The van der Waals surface area contributed by atoms with Gasteiger partial charge in [0.1, 0.15) is 0 Å². The van der Waals surface area contributed by atoms with Crippen LogP contribution in [0.4, 0.5) is 0 Å². The molecule has 0 aliphatic carbocycles. The van der Waals surface area contributed by atoms with Gasteiger partial charge >= 0.3 is 0 Å². The first-order valence-electron chi connectivity index (χ1n) is 4.10. The number of allylic oxidation sites excluding steroid dienone is 4. The molecule has 0 spiro atoms. The number of hydrogen-bond acceptors (Lipinski definition) is 2. The number of rotatable bonds is 3.